The van der Waals surface area contributed by atoms with Crippen molar-refractivity contribution in [3.05, 3.63) is 47.8 Å². The van der Waals surface area contributed by atoms with Gasteiger partial charge in [-0.05, 0) is 17.2 Å². The van der Waals surface area contributed by atoms with Gasteiger partial charge in [0, 0.05) is 31.9 Å². The second kappa shape index (κ2) is 6.70. The van der Waals surface area contributed by atoms with Crippen molar-refractivity contribution in [1.29, 1.82) is 0 Å². The fourth-order valence-electron chi connectivity index (χ4n) is 1.79. The maximum atomic E-state index is 5.41. The lowest BCUT2D eigenvalue weighted by Crippen LogP contribution is -2.14. The molecule has 2 rings (SSSR count). The van der Waals surface area contributed by atoms with Crippen LogP contribution in [0, 0.1) is 0 Å². The first-order valence-electron chi connectivity index (χ1n) is 6.20. The summed E-state index contributed by atoms with van der Waals surface area (Å²) in [5.41, 5.74) is 7.57. The third kappa shape index (κ3) is 3.66. The SMILES string of the molecule is COc1ccccc1Cc1cnc(NCCN)nc1. The van der Waals surface area contributed by atoms with E-state index in [2.05, 4.69) is 15.3 Å². The largest absolute Gasteiger partial charge is 0.496 e. The molecule has 0 spiro atoms. The van der Waals surface area contributed by atoms with Gasteiger partial charge in [0.1, 0.15) is 5.75 Å². The molecule has 0 saturated carbocycles. The normalized spacial score (nSPS) is 10.2. The van der Waals surface area contributed by atoms with Crippen molar-refractivity contribution in [1.82, 2.24) is 9.97 Å². The highest BCUT2D eigenvalue weighted by Crippen LogP contribution is 2.20. The Bertz CT molecular complexity index is 513. The molecule has 0 aliphatic rings. The number of nitrogens with one attached hydrogen (secondary N) is 1. The second-order valence-electron chi connectivity index (χ2n) is 4.12. The zero-order valence-electron chi connectivity index (χ0n) is 11.0. The molecule has 0 saturated heterocycles. The predicted molar refractivity (Wildman–Crippen MR) is 75.4 cm³/mol. The minimum atomic E-state index is 0.562. The highest BCUT2D eigenvalue weighted by molar-refractivity contribution is 5.37. The minimum absolute atomic E-state index is 0.562. The fourth-order valence-corrected chi connectivity index (χ4v) is 1.79. The fraction of sp³-hybridized carbons (Fsp3) is 0.286. The number of nitrogens with zero attached hydrogens (tertiary/aromatic N) is 2. The smallest absolute Gasteiger partial charge is 0.222 e. The Morgan fingerprint density at radius 1 is 1.21 bits per heavy atom. The lowest BCUT2D eigenvalue weighted by Gasteiger charge is -2.08. The number of rotatable bonds is 6. The lowest BCUT2D eigenvalue weighted by atomic mass is 10.1. The first-order valence-corrected chi connectivity index (χ1v) is 6.20. The van der Waals surface area contributed by atoms with Crippen LogP contribution in [0.2, 0.25) is 0 Å². The molecule has 1 aromatic heterocycles. The van der Waals surface area contributed by atoms with Gasteiger partial charge < -0.3 is 15.8 Å². The van der Waals surface area contributed by atoms with Gasteiger partial charge in [-0.1, -0.05) is 18.2 Å². The number of nitrogens with two attached hydrogens (primary N) is 1. The molecule has 2 aromatic rings. The number of hydrogen-bond donors (Lipinski definition) is 2. The topological polar surface area (TPSA) is 73.1 Å². The molecule has 100 valence electrons. The van der Waals surface area contributed by atoms with Gasteiger partial charge in [-0.25, -0.2) is 9.97 Å². The van der Waals surface area contributed by atoms with Crippen molar-refractivity contribution in [2.24, 2.45) is 5.73 Å². The Hall–Kier alpha value is -2.14. The molecule has 1 heterocycles. The second-order valence-corrected chi connectivity index (χ2v) is 4.12. The van der Waals surface area contributed by atoms with E-state index < -0.39 is 0 Å². The molecule has 19 heavy (non-hydrogen) atoms. The van der Waals surface area contributed by atoms with Crippen LogP contribution in [0.4, 0.5) is 5.95 Å². The molecule has 0 radical (unpaired) electrons. The third-order valence-corrected chi connectivity index (χ3v) is 2.72. The van der Waals surface area contributed by atoms with E-state index in [1.54, 1.807) is 7.11 Å². The molecule has 0 amide bonds. The van der Waals surface area contributed by atoms with Gasteiger partial charge in [0.15, 0.2) is 0 Å². The molecule has 5 nitrogen and oxygen atoms in total. The van der Waals surface area contributed by atoms with Gasteiger partial charge in [0.2, 0.25) is 5.95 Å². The summed E-state index contributed by atoms with van der Waals surface area (Å²) in [5.74, 6) is 1.49. The van der Waals surface area contributed by atoms with E-state index in [0.29, 0.717) is 19.0 Å². The summed E-state index contributed by atoms with van der Waals surface area (Å²) in [6, 6.07) is 7.95. The molecule has 0 aliphatic heterocycles. The average molecular weight is 258 g/mol. The van der Waals surface area contributed by atoms with Crippen molar-refractivity contribution in [2.45, 2.75) is 6.42 Å². The highest BCUT2D eigenvalue weighted by Gasteiger charge is 2.04. The first-order chi connectivity index (χ1) is 9.33. The molecule has 0 bridgehead atoms. The Morgan fingerprint density at radius 2 is 1.95 bits per heavy atom. The van der Waals surface area contributed by atoms with Crippen LogP contribution in [-0.2, 0) is 6.42 Å². The van der Waals surface area contributed by atoms with Crippen LogP contribution in [0.1, 0.15) is 11.1 Å². The quantitative estimate of drug-likeness (QED) is 0.820. The van der Waals surface area contributed by atoms with E-state index in [0.717, 1.165) is 23.3 Å². The summed E-state index contributed by atoms with van der Waals surface area (Å²) in [5, 5.41) is 3.04. The summed E-state index contributed by atoms with van der Waals surface area (Å²) in [6.07, 6.45) is 4.39. The van der Waals surface area contributed by atoms with Gasteiger partial charge >= 0.3 is 0 Å². The first kappa shape index (κ1) is 13.3. The van der Waals surface area contributed by atoms with E-state index in [1.807, 2.05) is 36.7 Å². The van der Waals surface area contributed by atoms with E-state index >= 15 is 0 Å². The lowest BCUT2D eigenvalue weighted by molar-refractivity contribution is 0.410. The maximum Gasteiger partial charge on any atom is 0.222 e. The van der Waals surface area contributed by atoms with Crippen LogP contribution in [-0.4, -0.2) is 30.2 Å². The van der Waals surface area contributed by atoms with Crippen LogP contribution < -0.4 is 15.8 Å². The highest BCUT2D eigenvalue weighted by atomic mass is 16.5. The predicted octanol–water partition coefficient (Wildman–Crippen LogP) is 1.45. The summed E-state index contributed by atoms with van der Waals surface area (Å²) in [7, 11) is 1.68. The van der Waals surface area contributed by atoms with Crippen LogP contribution in [0.25, 0.3) is 0 Å². The van der Waals surface area contributed by atoms with Crippen molar-refractivity contribution in [2.75, 3.05) is 25.5 Å². The van der Waals surface area contributed by atoms with Gasteiger partial charge in [-0.15, -0.1) is 0 Å². The van der Waals surface area contributed by atoms with Crippen molar-refractivity contribution < 1.29 is 4.74 Å². The Morgan fingerprint density at radius 3 is 2.63 bits per heavy atom. The molecule has 3 N–H and O–H groups in total. The summed E-state index contributed by atoms with van der Waals surface area (Å²) < 4.78 is 5.33. The standard InChI is InChI=1S/C14H18N4O/c1-19-13-5-3-2-4-12(13)8-11-9-17-14(18-10-11)16-7-6-15/h2-5,9-10H,6-8,15H2,1H3,(H,16,17,18). The third-order valence-electron chi connectivity index (χ3n) is 2.72. The molecule has 0 fully saturated rings. The Labute approximate surface area is 112 Å². The summed E-state index contributed by atoms with van der Waals surface area (Å²) in [4.78, 5) is 8.50. The van der Waals surface area contributed by atoms with Gasteiger partial charge in [0.05, 0.1) is 7.11 Å². The van der Waals surface area contributed by atoms with Crippen LogP contribution >= 0.6 is 0 Å². The van der Waals surface area contributed by atoms with Crippen LogP contribution in [0.5, 0.6) is 5.75 Å². The van der Waals surface area contributed by atoms with Crippen molar-refractivity contribution in [3.8, 4) is 5.75 Å². The Kier molecular flexibility index (Phi) is 4.69. The molecule has 1 aromatic carbocycles. The number of hydrogen-bond acceptors (Lipinski definition) is 5. The van der Waals surface area contributed by atoms with E-state index in [4.69, 9.17) is 10.5 Å². The molecule has 0 atom stereocenters. The zero-order chi connectivity index (χ0) is 13.5. The zero-order valence-corrected chi connectivity index (χ0v) is 11.0. The number of methoxy groups -OCH3 is 1. The summed E-state index contributed by atoms with van der Waals surface area (Å²) in [6.45, 7) is 1.23. The number of benzene rings is 1. The van der Waals surface area contributed by atoms with E-state index in [1.165, 1.54) is 0 Å². The van der Waals surface area contributed by atoms with Gasteiger partial charge in [-0.2, -0.15) is 0 Å². The molecular weight excluding hydrogens is 240 g/mol. The van der Waals surface area contributed by atoms with Crippen molar-refractivity contribution >= 4 is 5.95 Å². The summed E-state index contributed by atoms with van der Waals surface area (Å²) >= 11 is 0. The van der Waals surface area contributed by atoms with Gasteiger partial charge in [0.25, 0.3) is 0 Å². The van der Waals surface area contributed by atoms with Crippen LogP contribution in [0.3, 0.4) is 0 Å². The molecule has 5 heteroatoms. The van der Waals surface area contributed by atoms with Crippen LogP contribution in [0.15, 0.2) is 36.7 Å². The van der Waals surface area contributed by atoms with Crippen molar-refractivity contribution in [3.63, 3.8) is 0 Å². The minimum Gasteiger partial charge on any atom is -0.496 e. The monoisotopic (exact) mass is 258 g/mol. The van der Waals surface area contributed by atoms with Gasteiger partial charge in [-0.3, -0.25) is 0 Å². The number of anilines is 1. The Balaban J connectivity index is 2.06. The maximum absolute atomic E-state index is 5.41. The molecular formula is C14H18N4O. The van der Waals surface area contributed by atoms with E-state index in [9.17, 15) is 0 Å². The molecule has 0 unspecified atom stereocenters. The average Bonchev–Trinajstić information content (AvgIpc) is 2.47. The number of aromatic nitrogens is 2. The molecule has 0 aliphatic carbocycles. The van der Waals surface area contributed by atoms with E-state index in [-0.39, 0.29) is 0 Å². The number of ether oxygens (including phenoxy) is 1. The number of para-hydroxylation sites is 1.